The summed E-state index contributed by atoms with van der Waals surface area (Å²) in [4.78, 5) is 8.44. The van der Waals surface area contributed by atoms with Gasteiger partial charge in [-0.15, -0.1) is 0 Å². The highest BCUT2D eigenvalue weighted by Crippen LogP contribution is 2.49. The van der Waals surface area contributed by atoms with Crippen LogP contribution in [-0.2, 0) is 6.42 Å². The van der Waals surface area contributed by atoms with Crippen LogP contribution in [0.5, 0.6) is 5.88 Å². The van der Waals surface area contributed by atoms with Crippen molar-refractivity contribution in [3.8, 4) is 5.88 Å². The minimum absolute atomic E-state index is 0.513. The molecule has 3 rings (SSSR count). The molecule has 0 aromatic carbocycles. The molecular formula is C16H25N3O. The highest BCUT2D eigenvalue weighted by atomic mass is 16.5. The molecular weight excluding hydrogens is 250 g/mol. The molecule has 20 heavy (non-hydrogen) atoms. The van der Waals surface area contributed by atoms with Crippen molar-refractivity contribution in [2.24, 2.45) is 17.8 Å². The number of rotatable bonds is 6. The van der Waals surface area contributed by atoms with Crippen molar-refractivity contribution in [1.29, 1.82) is 0 Å². The van der Waals surface area contributed by atoms with Gasteiger partial charge in [0.25, 0.3) is 0 Å². The van der Waals surface area contributed by atoms with E-state index in [2.05, 4.69) is 22.3 Å². The van der Waals surface area contributed by atoms with Crippen molar-refractivity contribution in [3.63, 3.8) is 0 Å². The zero-order chi connectivity index (χ0) is 13.9. The van der Waals surface area contributed by atoms with Gasteiger partial charge in [0, 0.05) is 24.2 Å². The van der Waals surface area contributed by atoms with Crippen LogP contribution in [0, 0.1) is 17.8 Å². The molecule has 0 radical (unpaired) electrons. The molecule has 2 aliphatic rings. The Hall–Kier alpha value is -1.16. The summed E-state index contributed by atoms with van der Waals surface area (Å²) in [7, 11) is 3.72. The first-order valence-corrected chi connectivity index (χ1v) is 7.80. The third kappa shape index (κ3) is 2.95. The van der Waals surface area contributed by atoms with Gasteiger partial charge in [0.15, 0.2) is 0 Å². The predicted molar refractivity (Wildman–Crippen MR) is 78.7 cm³/mol. The number of nitrogens with one attached hydrogen (secondary N) is 1. The van der Waals surface area contributed by atoms with Crippen LogP contribution >= 0.6 is 0 Å². The summed E-state index contributed by atoms with van der Waals surface area (Å²) in [6, 6.07) is 2.46. The Bertz CT molecular complexity index is 451. The fourth-order valence-electron chi connectivity index (χ4n) is 4.19. The second-order valence-corrected chi connectivity index (χ2v) is 6.41. The van der Waals surface area contributed by atoms with Gasteiger partial charge in [0.05, 0.1) is 7.11 Å². The third-order valence-corrected chi connectivity index (χ3v) is 5.24. The fourth-order valence-corrected chi connectivity index (χ4v) is 4.19. The van der Waals surface area contributed by atoms with Gasteiger partial charge in [0.1, 0.15) is 6.33 Å². The molecule has 1 aromatic heterocycles. The van der Waals surface area contributed by atoms with Gasteiger partial charge in [-0.25, -0.2) is 9.97 Å². The van der Waals surface area contributed by atoms with E-state index in [9.17, 15) is 0 Å². The Balaban J connectivity index is 1.59. The van der Waals surface area contributed by atoms with Crippen LogP contribution in [0.15, 0.2) is 12.4 Å². The maximum Gasteiger partial charge on any atom is 0.216 e. The molecule has 1 aromatic rings. The second kappa shape index (κ2) is 6.08. The van der Waals surface area contributed by atoms with Crippen LogP contribution in [0.3, 0.4) is 0 Å². The van der Waals surface area contributed by atoms with E-state index < -0.39 is 0 Å². The Morgan fingerprint density at radius 1 is 1.35 bits per heavy atom. The number of hydrogen-bond donors (Lipinski definition) is 1. The van der Waals surface area contributed by atoms with Crippen LogP contribution < -0.4 is 10.1 Å². The molecule has 0 spiro atoms. The minimum atomic E-state index is 0.513. The topological polar surface area (TPSA) is 47.0 Å². The SMILES string of the molecule is CNC(Cc1cc(OC)ncn1)CC1CC2CCC1C2. The highest BCUT2D eigenvalue weighted by Gasteiger charge is 2.39. The van der Waals surface area contributed by atoms with Gasteiger partial charge in [-0.05, 0) is 50.5 Å². The van der Waals surface area contributed by atoms with Gasteiger partial charge in [-0.1, -0.05) is 6.42 Å². The standard InChI is InChI=1S/C16H25N3O/c1-17-14(7-13-6-11-3-4-12(13)5-11)8-15-9-16(20-2)19-10-18-15/h9-14,17H,3-8H2,1-2H3. The monoisotopic (exact) mass is 275 g/mol. The summed E-state index contributed by atoms with van der Waals surface area (Å²) < 4.78 is 5.17. The minimum Gasteiger partial charge on any atom is -0.481 e. The van der Waals surface area contributed by atoms with Crippen molar-refractivity contribution in [2.75, 3.05) is 14.2 Å². The lowest BCUT2D eigenvalue weighted by Gasteiger charge is -2.26. The van der Waals surface area contributed by atoms with Crippen molar-refractivity contribution < 1.29 is 4.74 Å². The predicted octanol–water partition coefficient (Wildman–Crippen LogP) is 2.44. The van der Waals surface area contributed by atoms with E-state index in [1.807, 2.05) is 6.07 Å². The van der Waals surface area contributed by atoms with Gasteiger partial charge in [-0.3, -0.25) is 0 Å². The van der Waals surface area contributed by atoms with Crippen LogP contribution in [0.25, 0.3) is 0 Å². The number of methoxy groups -OCH3 is 1. The van der Waals surface area contributed by atoms with E-state index in [1.54, 1.807) is 13.4 Å². The quantitative estimate of drug-likeness (QED) is 0.866. The Morgan fingerprint density at radius 2 is 2.25 bits per heavy atom. The normalized spacial score (nSPS) is 29.6. The number of ether oxygens (including phenoxy) is 1. The molecule has 4 unspecified atom stereocenters. The summed E-state index contributed by atoms with van der Waals surface area (Å²) in [5.41, 5.74) is 1.07. The van der Waals surface area contributed by atoms with Gasteiger partial charge in [-0.2, -0.15) is 0 Å². The first-order valence-electron chi connectivity index (χ1n) is 7.80. The van der Waals surface area contributed by atoms with Gasteiger partial charge in [0.2, 0.25) is 5.88 Å². The molecule has 0 aliphatic heterocycles. The zero-order valence-corrected chi connectivity index (χ0v) is 12.5. The average molecular weight is 275 g/mol. The molecule has 4 nitrogen and oxygen atoms in total. The lowest BCUT2D eigenvalue weighted by molar-refractivity contribution is 0.281. The van der Waals surface area contributed by atoms with Crippen molar-refractivity contribution in [2.45, 2.75) is 44.6 Å². The molecule has 4 atom stereocenters. The molecule has 2 bridgehead atoms. The van der Waals surface area contributed by atoms with Crippen molar-refractivity contribution in [1.82, 2.24) is 15.3 Å². The van der Waals surface area contributed by atoms with Crippen molar-refractivity contribution >= 4 is 0 Å². The maximum atomic E-state index is 5.17. The molecule has 2 fully saturated rings. The first kappa shape index (κ1) is 13.8. The summed E-state index contributed by atoms with van der Waals surface area (Å²) in [6.45, 7) is 0. The number of hydrogen-bond acceptors (Lipinski definition) is 4. The number of nitrogens with zero attached hydrogens (tertiary/aromatic N) is 2. The Morgan fingerprint density at radius 3 is 2.90 bits per heavy atom. The molecule has 110 valence electrons. The van der Waals surface area contributed by atoms with Gasteiger partial charge < -0.3 is 10.1 Å². The van der Waals surface area contributed by atoms with E-state index in [0.717, 1.165) is 29.9 Å². The van der Waals surface area contributed by atoms with Crippen LogP contribution in [-0.4, -0.2) is 30.2 Å². The van der Waals surface area contributed by atoms with Crippen LogP contribution in [0.2, 0.25) is 0 Å². The van der Waals surface area contributed by atoms with Crippen LogP contribution in [0.1, 0.15) is 37.8 Å². The Kier molecular flexibility index (Phi) is 4.20. The number of likely N-dealkylation sites (N-methyl/N-ethyl adjacent to an activating group) is 1. The lowest BCUT2D eigenvalue weighted by atomic mass is 9.83. The highest BCUT2D eigenvalue weighted by molar-refractivity contribution is 5.14. The molecule has 0 amide bonds. The second-order valence-electron chi connectivity index (χ2n) is 6.41. The van der Waals surface area contributed by atoms with E-state index in [4.69, 9.17) is 4.74 Å². The molecule has 0 saturated heterocycles. The number of aromatic nitrogens is 2. The number of fused-ring (bicyclic) bond motifs is 2. The van der Waals surface area contributed by atoms with E-state index in [-0.39, 0.29) is 0 Å². The van der Waals surface area contributed by atoms with Gasteiger partial charge >= 0.3 is 0 Å². The molecule has 2 saturated carbocycles. The van der Waals surface area contributed by atoms with E-state index >= 15 is 0 Å². The van der Waals surface area contributed by atoms with E-state index in [0.29, 0.717) is 11.9 Å². The Labute approximate surface area is 121 Å². The summed E-state index contributed by atoms with van der Waals surface area (Å²) in [5.74, 6) is 3.61. The molecule has 4 heteroatoms. The largest absolute Gasteiger partial charge is 0.481 e. The first-order chi connectivity index (χ1) is 9.78. The summed E-state index contributed by atoms with van der Waals surface area (Å²) in [6.07, 6.45) is 9.73. The fraction of sp³-hybridized carbons (Fsp3) is 0.750. The maximum absolute atomic E-state index is 5.17. The smallest absolute Gasteiger partial charge is 0.216 e. The van der Waals surface area contributed by atoms with E-state index in [1.165, 1.54) is 32.1 Å². The molecule has 2 aliphatic carbocycles. The summed E-state index contributed by atoms with van der Waals surface area (Å²) in [5, 5.41) is 3.47. The van der Waals surface area contributed by atoms with Crippen molar-refractivity contribution in [3.05, 3.63) is 18.1 Å². The zero-order valence-electron chi connectivity index (χ0n) is 12.5. The summed E-state index contributed by atoms with van der Waals surface area (Å²) >= 11 is 0. The third-order valence-electron chi connectivity index (χ3n) is 5.24. The molecule has 1 heterocycles. The lowest BCUT2D eigenvalue weighted by Crippen LogP contribution is -2.31. The van der Waals surface area contributed by atoms with Crippen LogP contribution in [0.4, 0.5) is 0 Å². The molecule has 1 N–H and O–H groups in total. The average Bonchev–Trinajstić information content (AvgIpc) is 3.09.